The molecule has 0 radical (unpaired) electrons. The van der Waals surface area contributed by atoms with Crippen molar-refractivity contribution in [2.45, 2.75) is 13.0 Å². The normalized spacial score (nSPS) is 10.4. The molecule has 0 aliphatic heterocycles. The van der Waals surface area contributed by atoms with E-state index < -0.39 is 0 Å². The zero-order chi connectivity index (χ0) is 10.7. The van der Waals surface area contributed by atoms with Crippen LogP contribution in [0.25, 0.3) is 11.0 Å². The SMILES string of the molecule is C=CCCn1c(C=O)nc2ccccc21. The number of imidazole rings is 1. The van der Waals surface area contributed by atoms with Crippen molar-refractivity contribution >= 4 is 17.3 Å². The molecule has 15 heavy (non-hydrogen) atoms. The maximum absolute atomic E-state index is 10.9. The van der Waals surface area contributed by atoms with Crippen molar-refractivity contribution in [3.8, 4) is 0 Å². The van der Waals surface area contributed by atoms with Crippen molar-refractivity contribution in [3.05, 3.63) is 42.7 Å². The molecule has 1 aromatic heterocycles. The Morgan fingerprint density at radius 1 is 1.40 bits per heavy atom. The fourth-order valence-corrected chi connectivity index (χ4v) is 1.64. The summed E-state index contributed by atoms with van der Waals surface area (Å²) >= 11 is 0. The number of hydrogen-bond donors (Lipinski definition) is 0. The minimum Gasteiger partial charge on any atom is -0.321 e. The van der Waals surface area contributed by atoms with Gasteiger partial charge in [-0.15, -0.1) is 6.58 Å². The molecule has 2 aromatic rings. The lowest BCUT2D eigenvalue weighted by molar-refractivity contribution is 0.111. The number of aromatic nitrogens is 2. The molecule has 0 spiro atoms. The predicted molar refractivity (Wildman–Crippen MR) is 59.9 cm³/mol. The Hall–Kier alpha value is -1.90. The quantitative estimate of drug-likeness (QED) is 0.561. The summed E-state index contributed by atoms with van der Waals surface area (Å²) in [5, 5.41) is 0. The molecule has 0 saturated heterocycles. The van der Waals surface area contributed by atoms with Crippen LogP contribution in [0.3, 0.4) is 0 Å². The van der Waals surface area contributed by atoms with Gasteiger partial charge >= 0.3 is 0 Å². The Labute approximate surface area is 88.0 Å². The van der Waals surface area contributed by atoms with Crippen molar-refractivity contribution in [3.63, 3.8) is 0 Å². The van der Waals surface area contributed by atoms with Gasteiger partial charge < -0.3 is 4.57 Å². The summed E-state index contributed by atoms with van der Waals surface area (Å²) in [6, 6.07) is 7.75. The topological polar surface area (TPSA) is 34.9 Å². The fraction of sp³-hybridized carbons (Fsp3) is 0.167. The molecule has 3 heteroatoms. The molecule has 0 atom stereocenters. The van der Waals surface area contributed by atoms with Crippen LogP contribution in [0.4, 0.5) is 0 Å². The minimum atomic E-state index is 0.484. The molecule has 3 nitrogen and oxygen atoms in total. The zero-order valence-electron chi connectivity index (χ0n) is 8.39. The molecule has 1 heterocycles. The highest BCUT2D eigenvalue weighted by Gasteiger charge is 2.07. The Balaban J connectivity index is 2.56. The third-order valence-corrected chi connectivity index (χ3v) is 2.35. The second kappa shape index (κ2) is 4.09. The molecule has 0 aliphatic carbocycles. The summed E-state index contributed by atoms with van der Waals surface area (Å²) in [6.45, 7) is 4.42. The van der Waals surface area contributed by atoms with E-state index >= 15 is 0 Å². The predicted octanol–water partition coefficient (Wildman–Crippen LogP) is 2.42. The van der Waals surface area contributed by atoms with E-state index in [2.05, 4.69) is 11.6 Å². The number of rotatable bonds is 4. The van der Waals surface area contributed by atoms with E-state index in [0.29, 0.717) is 5.82 Å². The van der Waals surface area contributed by atoms with E-state index in [1.165, 1.54) is 0 Å². The third kappa shape index (κ3) is 1.68. The highest BCUT2D eigenvalue weighted by atomic mass is 16.1. The van der Waals surface area contributed by atoms with Gasteiger partial charge in [-0.3, -0.25) is 4.79 Å². The van der Waals surface area contributed by atoms with Crippen molar-refractivity contribution in [1.82, 2.24) is 9.55 Å². The van der Waals surface area contributed by atoms with Gasteiger partial charge in [-0.25, -0.2) is 4.98 Å². The maximum Gasteiger partial charge on any atom is 0.185 e. The lowest BCUT2D eigenvalue weighted by atomic mass is 10.3. The summed E-state index contributed by atoms with van der Waals surface area (Å²) in [6.07, 6.45) is 3.47. The van der Waals surface area contributed by atoms with E-state index in [4.69, 9.17) is 0 Å². The second-order valence-corrected chi connectivity index (χ2v) is 3.31. The van der Waals surface area contributed by atoms with Gasteiger partial charge in [0.25, 0.3) is 0 Å². The maximum atomic E-state index is 10.9. The van der Waals surface area contributed by atoms with Crippen LogP contribution in [0.15, 0.2) is 36.9 Å². The van der Waals surface area contributed by atoms with Gasteiger partial charge in [0.05, 0.1) is 11.0 Å². The molecular formula is C12H12N2O. The van der Waals surface area contributed by atoms with Crippen LogP contribution in [-0.2, 0) is 6.54 Å². The molecule has 0 aliphatic rings. The van der Waals surface area contributed by atoms with E-state index in [9.17, 15) is 4.79 Å². The zero-order valence-corrected chi connectivity index (χ0v) is 8.39. The number of carbonyl (C=O) groups excluding carboxylic acids is 1. The van der Waals surface area contributed by atoms with Crippen LogP contribution >= 0.6 is 0 Å². The molecule has 0 bridgehead atoms. The molecular weight excluding hydrogens is 188 g/mol. The van der Waals surface area contributed by atoms with Crippen molar-refractivity contribution in [2.75, 3.05) is 0 Å². The molecule has 0 saturated carbocycles. The molecule has 76 valence electrons. The number of aryl methyl sites for hydroxylation is 1. The number of fused-ring (bicyclic) bond motifs is 1. The van der Waals surface area contributed by atoms with E-state index in [1.54, 1.807) is 0 Å². The van der Waals surface area contributed by atoms with Crippen LogP contribution < -0.4 is 0 Å². The number of aldehydes is 1. The van der Waals surface area contributed by atoms with Crippen LogP contribution in [0.2, 0.25) is 0 Å². The standard InChI is InChI=1S/C12H12N2O/c1-2-3-8-14-11-7-5-4-6-10(11)13-12(14)9-15/h2,4-7,9H,1,3,8H2. The second-order valence-electron chi connectivity index (χ2n) is 3.31. The first-order valence-corrected chi connectivity index (χ1v) is 4.88. The van der Waals surface area contributed by atoms with Crippen LogP contribution in [0, 0.1) is 0 Å². The molecule has 1 aromatic carbocycles. The molecule has 0 amide bonds. The van der Waals surface area contributed by atoms with Gasteiger partial charge in [0.15, 0.2) is 12.1 Å². The molecule has 0 fully saturated rings. The number of nitrogens with zero attached hydrogens (tertiary/aromatic N) is 2. The first-order chi connectivity index (χ1) is 7.36. The number of allylic oxidation sites excluding steroid dienone is 1. The van der Waals surface area contributed by atoms with Crippen molar-refractivity contribution in [2.24, 2.45) is 0 Å². The summed E-state index contributed by atoms with van der Waals surface area (Å²) in [7, 11) is 0. The average molecular weight is 200 g/mol. The summed E-state index contributed by atoms with van der Waals surface area (Å²) < 4.78 is 1.92. The van der Waals surface area contributed by atoms with Crippen molar-refractivity contribution in [1.29, 1.82) is 0 Å². The van der Waals surface area contributed by atoms with Gasteiger partial charge in [-0.05, 0) is 18.6 Å². The first kappa shape index (κ1) is 9.65. The van der Waals surface area contributed by atoms with E-state index in [0.717, 1.165) is 30.3 Å². The molecule has 0 unspecified atom stereocenters. The lowest BCUT2D eigenvalue weighted by Crippen LogP contribution is -2.02. The van der Waals surface area contributed by atoms with Crippen LogP contribution in [-0.4, -0.2) is 15.8 Å². The Morgan fingerprint density at radius 2 is 2.20 bits per heavy atom. The van der Waals surface area contributed by atoms with Crippen molar-refractivity contribution < 1.29 is 4.79 Å². The Morgan fingerprint density at radius 3 is 2.93 bits per heavy atom. The summed E-state index contributed by atoms with van der Waals surface area (Å²) in [4.78, 5) is 15.1. The van der Waals surface area contributed by atoms with Crippen LogP contribution in [0.1, 0.15) is 17.0 Å². The van der Waals surface area contributed by atoms with Gasteiger partial charge in [-0.2, -0.15) is 0 Å². The number of benzene rings is 1. The Bertz CT molecular complexity index is 499. The number of carbonyl (C=O) groups is 1. The van der Waals surface area contributed by atoms with E-state index in [-0.39, 0.29) is 0 Å². The summed E-state index contributed by atoms with van der Waals surface area (Å²) in [5.74, 6) is 0.484. The first-order valence-electron chi connectivity index (χ1n) is 4.88. The van der Waals surface area contributed by atoms with Gasteiger partial charge in [-0.1, -0.05) is 18.2 Å². The monoisotopic (exact) mass is 200 g/mol. The van der Waals surface area contributed by atoms with E-state index in [1.807, 2.05) is 34.9 Å². The van der Waals surface area contributed by atoms with Gasteiger partial charge in [0.1, 0.15) is 0 Å². The number of para-hydroxylation sites is 2. The van der Waals surface area contributed by atoms with Gasteiger partial charge in [0.2, 0.25) is 0 Å². The van der Waals surface area contributed by atoms with Crippen LogP contribution in [0.5, 0.6) is 0 Å². The van der Waals surface area contributed by atoms with Gasteiger partial charge in [0, 0.05) is 6.54 Å². The molecule has 2 rings (SSSR count). The highest BCUT2D eigenvalue weighted by molar-refractivity contribution is 5.82. The largest absolute Gasteiger partial charge is 0.321 e. The number of hydrogen-bond acceptors (Lipinski definition) is 2. The molecule has 0 N–H and O–H groups in total. The average Bonchev–Trinajstić information content (AvgIpc) is 2.64. The lowest BCUT2D eigenvalue weighted by Gasteiger charge is -2.02. The Kier molecular flexibility index (Phi) is 2.63. The minimum absolute atomic E-state index is 0.484. The highest BCUT2D eigenvalue weighted by Crippen LogP contribution is 2.15. The summed E-state index contributed by atoms with van der Waals surface area (Å²) in [5.41, 5.74) is 1.87. The third-order valence-electron chi connectivity index (χ3n) is 2.35. The smallest absolute Gasteiger partial charge is 0.185 e. The fourth-order valence-electron chi connectivity index (χ4n) is 1.64.